The Hall–Kier alpha value is -2.65. The number of halogens is 4. The van der Waals surface area contributed by atoms with Crippen LogP contribution in [-0.2, 0) is 12.7 Å². The minimum atomic E-state index is -4.45. The Labute approximate surface area is 160 Å². The Morgan fingerprint density at radius 1 is 1.22 bits per heavy atom. The number of rotatable bonds is 3. The molecule has 140 valence electrons. The number of nitrogens with zero attached hydrogens (tertiary/aromatic N) is 3. The summed E-state index contributed by atoms with van der Waals surface area (Å²) in [4.78, 5) is 20.2. The van der Waals surface area contributed by atoms with Gasteiger partial charge in [-0.1, -0.05) is 17.7 Å². The number of thiazole rings is 1. The maximum absolute atomic E-state index is 12.5. The van der Waals surface area contributed by atoms with Gasteiger partial charge in [0.2, 0.25) is 0 Å². The third-order valence-corrected chi connectivity index (χ3v) is 4.39. The zero-order chi connectivity index (χ0) is 19.4. The first-order valence-corrected chi connectivity index (χ1v) is 8.75. The van der Waals surface area contributed by atoms with Gasteiger partial charge < -0.3 is 9.30 Å². The van der Waals surface area contributed by atoms with E-state index in [2.05, 4.69) is 9.98 Å². The number of benzene rings is 1. The van der Waals surface area contributed by atoms with Crippen LogP contribution >= 0.6 is 22.9 Å². The lowest BCUT2D eigenvalue weighted by molar-refractivity contribution is -0.137. The molecule has 0 spiro atoms. The summed E-state index contributed by atoms with van der Waals surface area (Å²) in [5.41, 5.74) is 0.0299. The largest absolute Gasteiger partial charge is 0.441 e. The van der Waals surface area contributed by atoms with E-state index < -0.39 is 17.8 Å². The van der Waals surface area contributed by atoms with Gasteiger partial charge in [0.1, 0.15) is 10.9 Å². The van der Waals surface area contributed by atoms with E-state index in [0.717, 1.165) is 29.8 Å². The number of hydrogen-bond acceptors (Lipinski definition) is 4. The van der Waals surface area contributed by atoms with Gasteiger partial charge >= 0.3 is 12.3 Å². The molecule has 0 fully saturated rings. The molecule has 2 aromatic heterocycles. The van der Waals surface area contributed by atoms with E-state index in [4.69, 9.17) is 16.3 Å². The monoisotopic (exact) mass is 413 g/mol. The highest BCUT2D eigenvalue weighted by molar-refractivity contribution is 7.07. The second kappa shape index (κ2) is 7.93. The zero-order valence-corrected chi connectivity index (χ0v) is 15.1. The smallest absolute Gasteiger partial charge is 0.409 e. The molecule has 0 aliphatic rings. The van der Waals surface area contributed by atoms with Crippen LogP contribution in [0.5, 0.6) is 5.75 Å². The molecular weight excluding hydrogens is 403 g/mol. The predicted molar refractivity (Wildman–Crippen MR) is 93.7 cm³/mol. The highest BCUT2D eigenvalue weighted by atomic mass is 35.5. The Balaban J connectivity index is 1.72. The highest BCUT2D eigenvalue weighted by Crippen LogP contribution is 2.30. The van der Waals surface area contributed by atoms with Crippen molar-refractivity contribution in [2.24, 2.45) is 4.99 Å². The number of amides is 1. The minimum absolute atomic E-state index is 0.0262. The molecule has 0 saturated carbocycles. The lowest BCUT2D eigenvalue weighted by Crippen LogP contribution is -2.18. The Morgan fingerprint density at radius 3 is 2.59 bits per heavy atom. The maximum atomic E-state index is 12.5. The first-order valence-electron chi connectivity index (χ1n) is 7.49. The van der Waals surface area contributed by atoms with E-state index in [1.807, 2.05) is 0 Å². The Bertz CT molecular complexity index is 996. The van der Waals surface area contributed by atoms with Gasteiger partial charge in [-0.2, -0.15) is 13.2 Å². The molecule has 0 aliphatic heterocycles. The molecule has 2 heterocycles. The Morgan fingerprint density at radius 2 is 1.96 bits per heavy atom. The molecule has 0 bridgehead atoms. The van der Waals surface area contributed by atoms with Crippen LogP contribution in [0.4, 0.5) is 18.0 Å². The normalized spacial score (nSPS) is 12.2. The van der Waals surface area contributed by atoms with Crippen LogP contribution in [0.3, 0.4) is 0 Å². The van der Waals surface area contributed by atoms with E-state index in [1.54, 1.807) is 34.5 Å². The number of carbonyl (C=O) groups excluding carboxylic acids is 1. The topological polar surface area (TPSA) is 56.5 Å². The van der Waals surface area contributed by atoms with Gasteiger partial charge in [0.15, 0.2) is 4.80 Å². The molecule has 0 N–H and O–H groups in total. The van der Waals surface area contributed by atoms with Gasteiger partial charge in [-0.05, 0) is 35.9 Å². The molecule has 0 saturated heterocycles. The lowest BCUT2D eigenvalue weighted by Gasteiger charge is -2.07. The summed E-state index contributed by atoms with van der Waals surface area (Å²) < 4.78 is 44.3. The summed E-state index contributed by atoms with van der Waals surface area (Å²) in [5, 5.41) is 2.12. The number of pyridine rings is 1. The lowest BCUT2D eigenvalue weighted by atomic mass is 10.2. The van der Waals surface area contributed by atoms with Gasteiger partial charge in [-0.25, -0.2) is 9.78 Å². The van der Waals surface area contributed by atoms with Crippen LogP contribution in [-0.4, -0.2) is 15.6 Å². The summed E-state index contributed by atoms with van der Waals surface area (Å²) in [6, 6.07) is 7.25. The standard InChI is InChI=1S/C17H11ClF3N3O2S/c18-14-6-1-11(9-22-14)10-24-7-8-27-15(24)23-16(25)26-13-4-2-12(3-5-13)17(19,20)21/h1-9H,10H2/b23-15-. The summed E-state index contributed by atoms with van der Waals surface area (Å²) in [6.45, 7) is 0.417. The predicted octanol–water partition coefficient (Wildman–Crippen LogP) is 4.76. The van der Waals surface area contributed by atoms with Crippen LogP contribution < -0.4 is 9.54 Å². The van der Waals surface area contributed by atoms with Crippen LogP contribution in [0.1, 0.15) is 11.1 Å². The third-order valence-electron chi connectivity index (χ3n) is 3.38. The molecule has 1 amide bonds. The fraction of sp³-hybridized carbons (Fsp3) is 0.118. The van der Waals surface area contributed by atoms with Gasteiger partial charge in [0.25, 0.3) is 0 Å². The number of hydrogen-bond donors (Lipinski definition) is 0. The highest BCUT2D eigenvalue weighted by Gasteiger charge is 2.30. The van der Waals surface area contributed by atoms with Crippen LogP contribution in [0.15, 0.2) is 59.2 Å². The van der Waals surface area contributed by atoms with E-state index in [9.17, 15) is 18.0 Å². The van der Waals surface area contributed by atoms with Crippen molar-refractivity contribution in [3.8, 4) is 5.75 Å². The quantitative estimate of drug-likeness (QED) is 0.581. The van der Waals surface area contributed by atoms with Gasteiger partial charge in [-0.3, -0.25) is 0 Å². The summed E-state index contributed by atoms with van der Waals surface area (Å²) in [5.74, 6) is -0.0262. The number of aromatic nitrogens is 2. The molecule has 0 atom stereocenters. The van der Waals surface area contributed by atoms with Crippen molar-refractivity contribution >= 4 is 29.0 Å². The summed E-state index contributed by atoms with van der Waals surface area (Å²) >= 11 is 6.96. The van der Waals surface area contributed by atoms with Crippen LogP contribution in [0, 0.1) is 0 Å². The SMILES string of the molecule is O=C(/N=c1\sccn1Cc1ccc(Cl)nc1)Oc1ccc(C(F)(F)F)cc1. The third kappa shape index (κ3) is 5.18. The second-order valence-corrected chi connectivity index (χ2v) is 6.56. The van der Waals surface area contributed by atoms with Crippen molar-refractivity contribution < 1.29 is 22.7 Å². The number of carbonyl (C=O) groups is 1. The molecule has 10 heteroatoms. The average Bonchev–Trinajstić information content (AvgIpc) is 3.03. The summed E-state index contributed by atoms with van der Waals surface area (Å²) in [6.07, 6.45) is -2.03. The van der Waals surface area contributed by atoms with Crippen LogP contribution in [0.25, 0.3) is 0 Å². The Kier molecular flexibility index (Phi) is 5.62. The van der Waals surface area contributed by atoms with Crippen molar-refractivity contribution in [3.63, 3.8) is 0 Å². The number of ether oxygens (including phenoxy) is 1. The van der Waals surface area contributed by atoms with Crippen molar-refractivity contribution in [2.45, 2.75) is 12.7 Å². The van der Waals surface area contributed by atoms with Crippen molar-refractivity contribution in [2.75, 3.05) is 0 Å². The van der Waals surface area contributed by atoms with E-state index in [0.29, 0.717) is 16.5 Å². The second-order valence-electron chi connectivity index (χ2n) is 5.30. The van der Waals surface area contributed by atoms with Gasteiger partial charge in [-0.15, -0.1) is 16.3 Å². The van der Waals surface area contributed by atoms with Crippen molar-refractivity contribution in [1.29, 1.82) is 0 Å². The molecule has 0 aliphatic carbocycles. The van der Waals surface area contributed by atoms with Crippen LogP contribution in [0.2, 0.25) is 5.15 Å². The first-order chi connectivity index (χ1) is 12.8. The van der Waals surface area contributed by atoms with Gasteiger partial charge in [0.05, 0.1) is 12.1 Å². The maximum Gasteiger partial charge on any atom is 0.441 e. The van der Waals surface area contributed by atoms with Crippen molar-refractivity contribution in [1.82, 2.24) is 9.55 Å². The molecule has 5 nitrogen and oxygen atoms in total. The number of alkyl halides is 3. The van der Waals surface area contributed by atoms with Crippen molar-refractivity contribution in [3.05, 3.63) is 75.3 Å². The minimum Gasteiger partial charge on any atom is -0.409 e. The zero-order valence-electron chi connectivity index (χ0n) is 13.5. The van der Waals surface area contributed by atoms with E-state index >= 15 is 0 Å². The molecule has 3 aromatic rings. The fourth-order valence-electron chi connectivity index (χ4n) is 2.12. The molecular formula is C17H11ClF3N3O2S. The molecule has 1 aromatic carbocycles. The molecule has 0 unspecified atom stereocenters. The van der Waals surface area contributed by atoms with E-state index in [1.165, 1.54) is 11.3 Å². The molecule has 27 heavy (non-hydrogen) atoms. The first kappa shape index (κ1) is 19.1. The molecule has 0 radical (unpaired) electrons. The average molecular weight is 414 g/mol. The van der Waals surface area contributed by atoms with E-state index in [-0.39, 0.29) is 5.75 Å². The molecule has 3 rings (SSSR count). The fourth-order valence-corrected chi connectivity index (χ4v) is 2.95. The summed E-state index contributed by atoms with van der Waals surface area (Å²) in [7, 11) is 0. The van der Waals surface area contributed by atoms with Gasteiger partial charge in [0, 0.05) is 17.8 Å².